The molecule has 2 fully saturated rings. The van der Waals surface area contributed by atoms with Gasteiger partial charge in [-0.15, -0.1) is 0 Å². The van der Waals surface area contributed by atoms with Crippen molar-refractivity contribution in [2.45, 2.75) is 30.7 Å². The highest BCUT2D eigenvalue weighted by Gasteiger charge is 2.70. The molecule has 0 unspecified atom stereocenters. The van der Waals surface area contributed by atoms with E-state index in [1.165, 1.54) is 0 Å². The Bertz CT molecular complexity index is 942. The van der Waals surface area contributed by atoms with Crippen LogP contribution in [0.15, 0.2) is 72.8 Å². The van der Waals surface area contributed by atoms with Gasteiger partial charge in [0.15, 0.2) is 0 Å². The molecular weight excluding hydrogens is 354 g/mol. The molecule has 0 radical (unpaired) electrons. The van der Waals surface area contributed by atoms with Gasteiger partial charge in [-0.3, -0.25) is 9.59 Å². The van der Waals surface area contributed by atoms with Crippen LogP contribution in [-0.4, -0.2) is 39.6 Å². The van der Waals surface area contributed by atoms with Crippen molar-refractivity contribution in [3.05, 3.63) is 83.9 Å². The largest absolute Gasteiger partial charge is 0.481 e. The molecule has 5 heteroatoms. The normalized spacial score (nSPS) is 32.7. The number of benzene rings is 2. The fourth-order valence-corrected chi connectivity index (χ4v) is 5.08. The number of nitrogens with zero attached hydrogens (tertiary/aromatic N) is 1. The molecule has 2 aromatic carbocycles. The Labute approximate surface area is 163 Å². The van der Waals surface area contributed by atoms with Crippen LogP contribution in [0.2, 0.25) is 0 Å². The first-order valence-corrected chi connectivity index (χ1v) is 9.58. The SMILES string of the molecule is O=C(O)[C@H]1[C@H]2C=C[C@@]3(O2)[C@H](Cc2ccccc2)N(Cc2ccccc2)C(=O)[C@@H]13. The Morgan fingerprint density at radius 1 is 1.04 bits per heavy atom. The average molecular weight is 375 g/mol. The van der Waals surface area contributed by atoms with E-state index < -0.39 is 29.5 Å². The fraction of sp³-hybridized carbons (Fsp3) is 0.304. The number of likely N-dealkylation sites (tertiary alicyclic amines) is 1. The van der Waals surface area contributed by atoms with Crippen molar-refractivity contribution in [3.63, 3.8) is 0 Å². The summed E-state index contributed by atoms with van der Waals surface area (Å²) in [4.78, 5) is 27.2. The van der Waals surface area contributed by atoms with Gasteiger partial charge >= 0.3 is 5.97 Å². The summed E-state index contributed by atoms with van der Waals surface area (Å²) in [5.74, 6) is -2.58. The van der Waals surface area contributed by atoms with Crippen molar-refractivity contribution in [2.75, 3.05) is 0 Å². The van der Waals surface area contributed by atoms with Gasteiger partial charge in [-0.1, -0.05) is 72.8 Å². The molecule has 5 nitrogen and oxygen atoms in total. The number of carboxylic acids is 1. The Kier molecular flexibility index (Phi) is 3.88. The second-order valence-electron chi connectivity index (χ2n) is 7.79. The fourth-order valence-electron chi connectivity index (χ4n) is 5.08. The maximum atomic E-state index is 13.4. The summed E-state index contributed by atoms with van der Waals surface area (Å²) in [6.45, 7) is 0.448. The molecule has 2 aromatic rings. The second-order valence-corrected chi connectivity index (χ2v) is 7.79. The topological polar surface area (TPSA) is 66.8 Å². The van der Waals surface area contributed by atoms with Crippen LogP contribution in [0.5, 0.6) is 0 Å². The molecule has 142 valence electrons. The molecule has 3 aliphatic heterocycles. The van der Waals surface area contributed by atoms with Crippen molar-refractivity contribution < 1.29 is 19.4 Å². The predicted octanol–water partition coefficient (Wildman–Crippen LogP) is 2.66. The zero-order chi connectivity index (χ0) is 19.3. The van der Waals surface area contributed by atoms with Gasteiger partial charge in [0.25, 0.3) is 0 Å². The third-order valence-corrected chi connectivity index (χ3v) is 6.28. The summed E-state index contributed by atoms with van der Waals surface area (Å²) in [6.07, 6.45) is 3.87. The number of carbonyl (C=O) groups excluding carboxylic acids is 1. The Hall–Kier alpha value is -2.92. The van der Waals surface area contributed by atoms with Crippen LogP contribution >= 0.6 is 0 Å². The van der Waals surface area contributed by atoms with Crippen molar-refractivity contribution in [3.8, 4) is 0 Å². The first-order valence-electron chi connectivity index (χ1n) is 9.58. The van der Waals surface area contributed by atoms with Crippen LogP contribution < -0.4 is 0 Å². The van der Waals surface area contributed by atoms with E-state index in [-0.39, 0.29) is 11.9 Å². The van der Waals surface area contributed by atoms with Gasteiger partial charge in [0, 0.05) is 6.54 Å². The molecular formula is C23H21NO4. The lowest BCUT2D eigenvalue weighted by Gasteiger charge is -2.33. The minimum atomic E-state index is -0.963. The molecule has 1 N–H and O–H groups in total. The number of rotatable bonds is 5. The Morgan fingerprint density at radius 2 is 1.68 bits per heavy atom. The second kappa shape index (κ2) is 6.31. The minimum absolute atomic E-state index is 0.121. The maximum absolute atomic E-state index is 13.4. The van der Waals surface area contributed by atoms with Crippen molar-refractivity contribution >= 4 is 11.9 Å². The lowest BCUT2D eigenvalue weighted by molar-refractivity contribution is -0.148. The summed E-state index contributed by atoms with van der Waals surface area (Å²) in [5.41, 5.74) is 1.26. The average Bonchev–Trinajstić information content (AvgIpc) is 3.34. The highest BCUT2D eigenvalue weighted by Crippen LogP contribution is 2.55. The number of ether oxygens (including phenoxy) is 1. The number of hydrogen-bond acceptors (Lipinski definition) is 3. The van der Waals surface area contributed by atoms with Gasteiger partial charge in [-0.25, -0.2) is 0 Å². The number of amides is 1. The smallest absolute Gasteiger partial charge is 0.310 e. The molecule has 1 spiro atoms. The molecule has 0 saturated carbocycles. The zero-order valence-corrected chi connectivity index (χ0v) is 15.3. The van der Waals surface area contributed by atoms with Gasteiger partial charge in [0.2, 0.25) is 5.91 Å². The molecule has 3 aliphatic rings. The summed E-state index contributed by atoms with van der Waals surface area (Å²) in [5, 5.41) is 9.76. The van der Waals surface area contributed by atoms with E-state index in [1.807, 2.05) is 77.7 Å². The van der Waals surface area contributed by atoms with Crippen LogP contribution in [0.4, 0.5) is 0 Å². The molecule has 5 atom stereocenters. The number of carboxylic acid groups (broad SMARTS) is 1. The number of aliphatic carboxylic acids is 1. The van der Waals surface area contributed by atoms with E-state index in [1.54, 1.807) is 0 Å². The van der Waals surface area contributed by atoms with Crippen molar-refractivity contribution in [1.29, 1.82) is 0 Å². The zero-order valence-electron chi connectivity index (χ0n) is 15.3. The number of carbonyl (C=O) groups is 2. The third-order valence-electron chi connectivity index (χ3n) is 6.28. The van der Waals surface area contributed by atoms with Gasteiger partial charge in [0.05, 0.1) is 18.1 Å². The summed E-state index contributed by atoms with van der Waals surface area (Å²) < 4.78 is 6.23. The summed E-state index contributed by atoms with van der Waals surface area (Å²) in [6, 6.07) is 19.6. The maximum Gasteiger partial charge on any atom is 0.310 e. The first-order chi connectivity index (χ1) is 13.6. The number of fused-ring (bicyclic) bond motifs is 1. The van der Waals surface area contributed by atoms with E-state index in [0.29, 0.717) is 13.0 Å². The number of hydrogen-bond donors (Lipinski definition) is 1. The van der Waals surface area contributed by atoms with E-state index in [0.717, 1.165) is 11.1 Å². The van der Waals surface area contributed by atoms with Gasteiger partial charge in [0.1, 0.15) is 11.5 Å². The molecule has 3 heterocycles. The van der Waals surface area contributed by atoms with Crippen LogP contribution in [0.3, 0.4) is 0 Å². The summed E-state index contributed by atoms with van der Waals surface area (Å²) in [7, 11) is 0. The first kappa shape index (κ1) is 17.2. The standard InChI is InChI=1S/C23H21NO4/c25-21-20-19(22(26)27)17-11-12-23(20,28-17)18(13-15-7-3-1-4-8-15)24(21)14-16-9-5-2-6-10-16/h1-12,17-20H,13-14H2,(H,26,27)/t17-,18+,19+,20-,23-/m1/s1. The lowest BCUT2D eigenvalue weighted by atomic mass is 9.74. The van der Waals surface area contributed by atoms with E-state index in [4.69, 9.17) is 4.74 Å². The van der Waals surface area contributed by atoms with Gasteiger partial charge in [-0.05, 0) is 17.5 Å². The minimum Gasteiger partial charge on any atom is -0.481 e. The molecule has 0 aromatic heterocycles. The molecule has 5 rings (SSSR count). The molecule has 28 heavy (non-hydrogen) atoms. The Balaban J connectivity index is 1.56. The highest BCUT2D eigenvalue weighted by molar-refractivity contribution is 5.91. The molecule has 0 aliphatic carbocycles. The van der Waals surface area contributed by atoms with E-state index in [9.17, 15) is 14.7 Å². The lowest BCUT2D eigenvalue weighted by Crippen LogP contribution is -2.46. The summed E-state index contributed by atoms with van der Waals surface area (Å²) >= 11 is 0. The molecule has 2 bridgehead atoms. The molecule has 2 saturated heterocycles. The Morgan fingerprint density at radius 3 is 2.32 bits per heavy atom. The highest BCUT2D eigenvalue weighted by atomic mass is 16.5. The van der Waals surface area contributed by atoms with Gasteiger partial charge < -0.3 is 14.7 Å². The predicted molar refractivity (Wildman–Crippen MR) is 102 cm³/mol. The monoisotopic (exact) mass is 375 g/mol. The van der Waals surface area contributed by atoms with E-state index in [2.05, 4.69) is 0 Å². The van der Waals surface area contributed by atoms with Crippen LogP contribution in [0.25, 0.3) is 0 Å². The quantitative estimate of drug-likeness (QED) is 0.816. The van der Waals surface area contributed by atoms with E-state index >= 15 is 0 Å². The van der Waals surface area contributed by atoms with Gasteiger partial charge in [-0.2, -0.15) is 0 Å². The van der Waals surface area contributed by atoms with Crippen LogP contribution in [-0.2, 0) is 27.3 Å². The third kappa shape index (κ3) is 2.43. The van der Waals surface area contributed by atoms with Crippen molar-refractivity contribution in [2.24, 2.45) is 11.8 Å². The van der Waals surface area contributed by atoms with Crippen LogP contribution in [0, 0.1) is 11.8 Å². The molecule has 1 amide bonds. The van der Waals surface area contributed by atoms with Crippen LogP contribution in [0.1, 0.15) is 11.1 Å². The van der Waals surface area contributed by atoms with Crippen molar-refractivity contribution in [1.82, 2.24) is 4.90 Å².